The summed E-state index contributed by atoms with van der Waals surface area (Å²) in [6.07, 6.45) is 2.45. The van der Waals surface area contributed by atoms with E-state index in [4.69, 9.17) is 22.1 Å². The molecule has 0 aliphatic heterocycles. The number of nitrogens with zero attached hydrogens (tertiary/aromatic N) is 1. The average molecular weight is 400 g/mol. The largest absolute Gasteiger partial charge is 0.437 e. The molecule has 28 heavy (non-hydrogen) atoms. The fourth-order valence-corrected chi connectivity index (χ4v) is 2.80. The van der Waals surface area contributed by atoms with E-state index in [2.05, 4.69) is 10.3 Å². The zero-order valence-electron chi connectivity index (χ0n) is 15.0. The number of hydrogen-bond donors (Lipinski definition) is 2. The number of aromatic nitrogens is 1. The van der Waals surface area contributed by atoms with Gasteiger partial charge in [-0.25, -0.2) is 9.37 Å². The van der Waals surface area contributed by atoms with E-state index in [0.29, 0.717) is 23.7 Å². The lowest BCUT2D eigenvalue weighted by molar-refractivity contribution is 0.100. The molecule has 144 valence electrons. The molecule has 0 spiro atoms. The summed E-state index contributed by atoms with van der Waals surface area (Å²) in [5, 5.41) is 3.58. The number of amides is 1. The van der Waals surface area contributed by atoms with Crippen molar-refractivity contribution >= 4 is 17.5 Å². The number of rotatable bonds is 8. The Bertz CT molecular complexity index is 964. The zero-order chi connectivity index (χ0) is 19.9. The van der Waals surface area contributed by atoms with Gasteiger partial charge in [-0.1, -0.05) is 29.8 Å². The number of halogens is 2. The average Bonchev–Trinajstić information content (AvgIpc) is 2.68. The van der Waals surface area contributed by atoms with E-state index in [9.17, 15) is 9.18 Å². The highest BCUT2D eigenvalue weighted by molar-refractivity contribution is 6.32. The van der Waals surface area contributed by atoms with Gasteiger partial charge >= 0.3 is 0 Å². The molecule has 1 amide bonds. The minimum absolute atomic E-state index is 0.221. The number of hydrogen-bond acceptors (Lipinski definition) is 4. The second-order valence-corrected chi connectivity index (χ2v) is 6.58. The maximum absolute atomic E-state index is 13.1. The van der Waals surface area contributed by atoms with Crippen LogP contribution in [-0.2, 0) is 13.0 Å². The van der Waals surface area contributed by atoms with Gasteiger partial charge in [0.25, 0.3) is 0 Å². The molecule has 0 unspecified atom stereocenters. The maximum Gasteiger partial charge on any atom is 0.248 e. The molecule has 0 aliphatic rings. The Labute approximate surface area is 167 Å². The summed E-state index contributed by atoms with van der Waals surface area (Å²) >= 11 is 6.11. The van der Waals surface area contributed by atoms with E-state index in [1.54, 1.807) is 30.5 Å². The summed E-state index contributed by atoms with van der Waals surface area (Å²) in [5.74, 6) is -0.000133. The van der Waals surface area contributed by atoms with Gasteiger partial charge < -0.3 is 15.8 Å². The molecule has 3 N–H and O–H groups in total. The van der Waals surface area contributed by atoms with Crippen molar-refractivity contribution in [1.29, 1.82) is 0 Å². The lowest BCUT2D eigenvalue weighted by atomic mass is 10.1. The third kappa shape index (κ3) is 5.52. The molecule has 0 atom stereocenters. The van der Waals surface area contributed by atoms with Gasteiger partial charge in [0, 0.05) is 24.4 Å². The molecule has 0 saturated heterocycles. The summed E-state index contributed by atoms with van der Waals surface area (Å²) in [5.41, 5.74) is 7.47. The highest BCUT2D eigenvalue weighted by Crippen LogP contribution is 2.29. The van der Waals surface area contributed by atoms with Crippen LogP contribution in [0.25, 0.3) is 0 Å². The molecule has 1 aromatic heterocycles. The molecular weight excluding hydrogens is 381 g/mol. The van der Waals surface area contributed by atoms with Crippen molar-refractivity contribution in [1.82, 2.24) is 10.3 Å². The normalized spacial score (nSPS) is 10.6. The van der Waals surface area contributed by atoms with Gasteiger partial charge in [-0.05, 0) is 54.4 Å². The topological polar surface area (TPSA) is 77.2 Å². The van der Waals surface area contributed by atoms with Crippen molar-refractivity contribution in [2.24, 2.45) is 5.73 Å². The Morgan fingerprint density at radius 3 is 2.68 bits per heavy atom. The van der Waals surface area contributed by atoms with Crippen molar-refractivity contribution in [2.75, 3.05) is 6.54 Å². The van der Waals surface area contributed by atoms with E-state index in [1.807, 2.05) is 12.1 Å². The van der Waals surface area contributed by atoms with Crippen molar-refractivity contribution in [3.8, 4) is 11.6 Å². The minimum Gasteiger partial charge on any atom is -0.437 e. The molecule has 5 nitrogen and oxygen atoms in total. The van der Waals surface area contributed by atoms with Crippen LogP contribution < -0.4 is 15.8 Å². The standard InChI is InChI=1S/C21H19ClFN3O2/c22-18-11-16(21(24)27)5-6-19(18)28-20-7-4-15(13-26-20)12-25-9-8-14-2-1-3-17(23)10-14/h1-7,10-11,13,25H,8-9,12H2,(H2,24,27). The monoisotopic (exact) mass is 399 g/mol. The van der Waals surface area contributed by atoms with Gasteiger partial charge in [0.1, 0.15) is 11.6 Å². The lowest BCUT2D eigenvalue weighted by Gasteiger charge is -2.09. The van der Waals surface area contributed by atoms with Gasteiger partial charge in [-0.2, -0.15) is 0 Å². The van der Waals surface area contributed by atoms with Crippen LogP contribution in [0.2, 0.25) is 5.02 Å². The van der Waals surface area contributed by atoms with Crippen LogP contribution in [-0.4, -0.2) is 17.4 Å². The number of benzene rings is 2. The molecule has 3 aromatic rings. The van der Waals surface area contributed by atoms with Gasteiger partial charge in [0.2, 0.25) is 11.8 Å². The molecule has 3 rings (SSSR count). The molecule has 0 saturated carbocycles. The fraction of sp³-hybridized carbons (Fsp3) is 0.143. The lowest BCUT2D eigenvalue weighted by Crippen LogP contribution is -2.16. The number of pyridine rings is 1. The Hall–Kier alpha value is -2.96. The molecule has 0 aliphatic carbocycles. The zero-order valence-corrected chi connectivity index (χ0v) is 15.7. The number of primary amides is 1. The molecule has 7 heteroatoms. The smallest absolute Gasteiger partial charge is 0.248 e. The van der Waals surface area contributed by atoms with Crippen molar-refractivity contribution in [3.05, 3.63) is 88.3 Å². The SMILES string of the molecule is NC(=O)c1ccc(Oc2ccc(CNCCc3cccc(F)c3)cn2)c(Cl)c1. The van der Waals surface area contributed by atoms with Gasteiger partial charge in [0.05, 0.1) is 5.02 Å². The van der Waals surface area contributed by atoms with Gasteiger partial charge in [0.15, 0.2) is 0 Å². The fourth-order valence-electron chi connectivity index (χ4n) is 2.58. The number of carbonyl (C=O) groups excluding carboxylic acids is 1. The van der Waals surface area contributed by atoms with E-state index in [1.165, 1.54) is 18.2 Å². The first-order valence-corrected chi connectivity index (χ1v) is 9.06. The Kier molecular flexibility index (Phi) is 6.57. The van der Waals surface area contributed by atoms with Crippen LogP contribution >= 0.6 is 11.6 Å². The highest BCUT2D eigenvalue weighted by Gasteiger charge is 2.08. The third-order valence-corrected chi connectivity index (χ3v) is 4.33. The summed E-state index contributed by atoms with van der Waals surface area (Å²) in [6, 6.07) is 14.8. The predicted molar refractivity (Wildman–Crippen MR) is 106 cm³/mol. The Balaban J connectivity index is 1.50. The summed E-state index contributed by atoms with van der Waals surface area (Å²) in [4.78, 5) is 15.4. The number of ether oxygens (including phenoxy) is 1. The van der Waals surface area contributed by atoms with Crippen LogP contribution in [0.15, 0.2) is 60.8 Å². The third-order valence-electron chi connectivity index (χ3n) is 4.04. The van der Waals surface area contributed by atoms with E-state index in [0.717, 1.165) is 24.1 Å². The Morgan fingerprint density at radius 1 is 1.14 bits per heavy atom. The van der Waals surface area contributed by atoms with Gasteiger partial charge in [-0.3, -0.25) is 4.79 Å². The summed E-state index contributed by atoms with van der Waals surface area (Å²) in [6.45, 7) is 1.36. The predicted octanol–water partition coefficient (Wildman–Crippen LogP) is 4.10. The molecule has 1 heterocycles. The summed E-state index contributed by atoms with van der Waals surface area (Å²) < 4.78 is 18.8. The maximum atomic E-state index is 13.1. The number of nitrogens with one attached hydrogen (secondary N) is 1. The van der Waals surface area contributed by atoms with Crippen LogP contribution in [0.3, 0.4) is 0 Å². The first kappa shape index (κ1) is 19.8. The van der Waals surface area contributed by atoms with Gasteiger partial charge in [-0.15, -0.1) is 0 Å². The van der Waals surface area contributed by atoms with Crippen LogP contribution in [0.5, 0.6) is 11.6 Å². The number of nitrogens with two attached hydrogens (primary N) is 1. The summed E-state index contributed by atoms with van der Waals surface area (Å²) in [7, 11) is 0. The second kappa shape index (κ2) is 9.30. The second-order valence-electron chi connectivity index (χ2n) is 6.17. The van der Waals surface area contributed by atoms with Crippen molar-refractivity contribution < 1.29 is 13.9 Å². The Morgan fingerprint density at radius 2 is 2.00 bits per heavy atom. The first-order chi connectivity index (χ1) is 13.5. The number of carbonyl (C=O) groups is 1. The highest BCUT2D eigenvalue weighted by atomic mass is 35.5. The van der Waals surface area contributed by atoms with Crippen molar-refractivity contribution in [2.45, 2.75) is 13.0 Å². The quantitative estimate of drug-likeness (QED) is 0.559. The molecular formula is C21H19ClFN3O2. The van der Waals surface area contributed by atoms with E-state index in [-0.39, 0.29) is 10.8 Å². The molecule has 0 fully saturated rings. The molecule has 0 radical (unpaired) electrons. The van der Waals surface area contributed by atoms with Crippen LogP contribution in [0.4, 0.5) is 4.39 Å². The first-order valence-electron chi connectivity index (χ1n) is 8.68. The van der Waals surface area contributed by atoms with E-state index >= 15 is 0 Å². The van der Waals surface area contributed by atoms with Crippen molar-refractivity contribution in [3.63, 3.8) is 0 Å². The van der Waals surface area contributed by atoms with Crippen LogP contribution in [0.1, 0.15) is 21.5 Å². The van der Waals surface area contributed by atoms with E-state index < -0.39 is 5.91 Å². The minimum atomic E-state index is -0.555. The van der Waals surface area contributed by atoms with Crippen LogP contribution in [0, 0.1) is 5.82 Å². The molecule has 2 aromatic carbocycles. The molecule has 0 bridgehead atoms.